The van der Waals surface area contributed by atoms with Gasteiger partial charge in [-0.2, -0.15) is 0 Å². The van der Waals surface area contributed by atoms with Crippen molar-refractivity contribution in [2.75, 3.05) is 13.7 Å². The standard InChI is InChI=1S/C27H28N4O3/c1-3-8-20-12-13-24(25(17-20)33-2)34-16-7-15-31-23-11-5-4-10-22(23)30-26(31)19-29-27(32)21-9-6-14-28-18-21/h3-6,8-14,17-18H,7,15-16,19H2,1-2H3,(H,29,32)/b8-3+. The van der Waals surface area contributed by atoms with Crippen LogP contribution < -0.4 is 14.8 Å². The molecule has 2 aromatic heterocycles. The van der Waals surface area contributed by atoms with Crippen LogP contribution in [0.4, 0.5) is 0 Å². The lowest BCUT2D eigenvalue weighted by molar-refractivity contribution is 0.0949. The summed E-state index contributed by atoms with van der Waals surface area (Å²) in [5.41, 5.74) is 3.51. The minimum atomic E-state index is -0.177. The maximum absolute atomic E-state index is 12.5. The van der Waals surface area contributed by atoms with E-state index < -0.39 is 0 Å². The molecule has 0 aliphatic heterocycles. The minimum Gasteiger partial charge on any atom is -0.493 e. The summed E-state index contributed by atoms with van der Waals surface area (Å²) in [6.45, 7) is 3.53. The van der Waals surface area contributed by atoms with E-state index in [2.05, 4.69) is 14.9 Å². The molecule has 0 saturated heterocycles. The van der Waals surface area contributed by atoms with Crippen LogP contribution in [0.3, 0.4) is 0 Å². The van der Waals surface area contributed by atoms with Crippen LogP contribution in [-0.2, 0) is 13.1 Å². The predicted molar refractivity (Wildman–Crippen MR) is 133 cm³/mol. The molecule has 0 saturated carbocycles. The Kier molecular flexibility index (Phi) is 7.55. The number of nitrogens with zero attached hydrogens (tertiary/aromatic N) is 3. The number of allylic oxidation sites excluding steroid dienone is 1. The second-order valence-electron chi connectivity index (χ2n) is 7.71. The van der Waals surface area contributed by atoms with Gasteiger partial charge in [0, 0.05) is 18.9 Å². The van der Waals surface area contributed by atoms with Crippen molar-refractivity contribution in [2.45, 2.75) is 26.4 Å². The number of carbonyl (C=O) groups is 1. The maximum atomic E-state index is 12.5. The first-order valence-corrected chi connectivity index (χ1v) is 11.3. The second kappa shape index (κ2) is 11.1. The number of fused-ring (bicyclic) bond motifs is 1. The van der Waals surface area contributed by atoms with Crippen LogP contribution in [0.2, 0.25) is 0 Å². The summed E-state index contributed by atoms with van der Waals surface area (Å²) in [4.78, 5) is 21.2. The highest BCUT2D eigenvalue weighted by Crippen LogP contribution is 2.28. The number of ether oxygens (including phenoxy) is 2. The van der Waals surface area contributed by atoms with E-state index in [4.69, 9.17) is 14.5 Å². The molecule has 0 aliphatic rings. The first kappa shape index (κ1) is 23.0. The van der Waals surface area contributed by atoms with Crippen molar-refractivity contribution in [1.29, 1.82) is 0 Å². The van der Waals surface area contributed by atoms with Crippen LogP contribution in [0.1, 0.15) is 35.1 Å². The molecular formula is C27H28N4O3. The van der Waals surface area contributed by atoms with Crippen LogP contribution in [0.5, 0.6) is 11.5 Å². The third kappa shape index (κ3) is 5.43. The summed E-state index contributed by atoms with van der Waals surface area (Å²) in [5.74, 6) is 2.05. The molecule has 0 radical (unpaired) electrons. The molecule has 0 spiro atoms. The van der Waals surface area contributed by atoms with Gasteiger partial charge in [-0.15, -0.1) is 0 Å². The summed E-state index contributed by atoms with van der Waals surface area (Å²) < 4.78 is 13.6. The van der Waals surface area contributed by atoms with Crippen molar-refractivity contribution in [1.82, 2.24) is 19.9 Å². The Morgan fingerprint density at radius 3 is 2.79 bits per heavy atom. The van der Waals surface area contributed by atoms with Crippen molar-refractivity contribution < 1.29 is 14.3 Å². The van der Waals surface area contributed by atoms with Crippen molar-refractivity contribution >= 4 is 23.0 Å². The highest BCUT2D eigenvalue weighted by Gasteiger charge is 2.13. The highest BCUT2D eigenvalue weighted by atomic mass is 16.5. The molecule has 2 heterocycles. The minimum absolute atomic E-state index is 0.177. The topological polar surface area (TPSA) is 78.3 Å². The van der Waals surface area contributed by atoms with E-state index in [1.807, 2.05) is 61.5 Å². The number of para-hydroxylation sites is 2. The SMILES string of the molecule is C/C=C/c1ccc(OCCCn2c(CNC(=O)c3cccnc3)nc3ccccc32)c(OC)c1. The van der Waals surface area contributed by atoms with Gasteiger partial charge >= 0.3 is 0 Å². The lowest BCUT2D eigenvalue weighted by Gasteiger charge is -2.13. The average molecular weight is 457 g/mol. The molecule has 0 aliphatic carbocycles. The maximum Gasteiger partial charge on any atom is 0.253 e. The van der Waals surface area contributed by atoms with Gasteiger partial charge in [0.1, 0.15) is 5.82 Å². The number of aromatic nitrogens is 3. The summed E-state index contributed by atoms with van der Waals surface area (Å²) in [7, 11) is 1.64. The van der Waals surface area contributed by atoms with Crippen LogP contribution in [-0.4, -0.2) is 34.2 Å². The van der Waals surface area contributed by atoms with Gasteiger partial charge in [-0.3, -0.25) is 9.78 Å². The molecule has 0 bridgehead atoms. The number of rotatable bonds is 10. The molecule has 1 amide bonds. The van der Waals surface area contributed by atoms with Gasteiger partial charge in [0.05, 0.1) is 36.9 Å². The van der Waals surface area contributed by atoms with Crippen molar-refractivity contribution in [3.8, 4) is 11.5 Å². The fourth-order valence-corrected chi connectivity index (χ4v) is 3.77. The predicted octanol–water partition coefficient (Wildman–Crippen LogP) is 4.87. The Morgan fingerprint density at radius 2 is 2.00 bits per heavy atom. The fourth-order valence-electron chi connectivity index (χ4n) is 3.77. The summed E-state index contributed by atoms with van der Waals surface area (Å²) in [6.07, 6.45) is 7.97. The number of benzene rings is 2. The number of aryl methyl sites for hydroxylation is 1. The average Bonchev–Trinajstić information content (AvgIpc) is 3.23. The summed E-state index contributed by atoms with van der Waals surface area (Å²) >= 11 is 0. The Balaban J connectivity index is 1.42. The summed E-state index contributed by atoms with van der Waals surface area (Å²) in [6, 6.07) is 17.3. The van der Waals surface area contributed by atoms with Crippen LogP contribution in [0.15, 0.2) is 73.1 Å². The normalized spacial score (nSPS) is 11.1. The molecule has 0 unspecified atom stereocenters. The molecule has 0 atom stereocenters. The lowest BCUT2D eigenvalue weighted by Crippen LogP contribution is -2.25. The number of imidazole rings is 1. The van der Waals surface area contributed by atoms with Crippen molar-refractivity contribution in [3.63, 3.8) is 0 Å². The fraction of sp³-hybridized carbons (Fsp3) is 0.222. The van der Waals surface area contributed by atoms with Crippen LogP contribution in [0, 0.1) is 0 Å². The smallest absolute Gasteiger partial charge is 0.253 e. The van der Waals surface area contributed by atoms with E-state index in [0.29, 0.717) is 31.0 Å². The van der Waals surface area contributed by atoms with Crippen molar-refractivity contribution in [3.05, 3.63) is 90.0 Å². The van der Waals surface area contributed by atoms with E-state index in [-0.39, 0.29) is 5.91 Å². The number of methoxy groups -OCH3 is 1. The molecule has 4 rings (SSSR count). The number of pyridine rings is 1. The third-order valence-electron chi connectivity index (χ3n) is 5.39. The van der Waals surface area contributed by atoms with Gasteiger partial charge in [0.2, 0.25) is 0 Å². The van der Waals surface area contributed by atoms with E-state index in [0.717, 1.165) is 34.6 Å². The number of hydrogen-bond acceptors (Lipinski definition) is 5. The Labute approximate surface area is 199 Å². The first-order chi connectivity index (χ1) is 16.7. The van der Waals surface area contributed by atoms with E-state index in [1.54, 1.807) is 31.6 Å². The zero-order valence-corrected chi connectivity index (χ0v) is 19.4. The van der Waals surface area contributed by atoms with E-state index in [9.17, 15) is 4.79 Å². The largest absolute Gasteiger partial charge is 0.493 e. The Bertz CT molecular complexity index is 1280. The molecule has 4 aromatic rings. The van der Waals surface area contributed by atoms with Gasteiger partial charge < -0.3 is 19.4 Å². The Hall–Kier alpha value is -4.13. The first-order valence-electron chi connectivity index (χ1n) is 11.3. The van der Waals surface area contributed by atoms with Gasteiger partial charge in [0.15, 0.2) is 11.5 Å². The number of nitrogens with one attached hydrogen (secondary N) is 1. The molecule has 174 valence electrons. The van der Waals surface area contributed by atoms with E-state index >= 15 is 0 Å². The molecule has 7 nitrogen and oxygen atoms in total. The van der Waals surface area contributed by atoms with Crippen molar-refractivity contribution in [2.24, 2.45) is 0 Å². The van der Waals surface area contributed by atoms with Crippen LogP contribution in [0.25, 0.3) is 17.1 Å². The molecule has 1 N–H and O–H groups in total. The molecular weight excluding hydrogens is 428 g/mol. The quantitative estimate of drug-likeness (QED) is 0.345. The zero-order chi connectivity index (χ0) is 23.8. The van der Waals surface area contributed by atoms with Gasteiger partial charge in [-0.25, -0.2) is 4.98 Å². The molecule has 0 fully saturated rings. The van der Waals surface area contributed by atoms with Gasteiger partial charge in [-0.05, 0) is 55.3 Å². The second-order valence-corrected chi connectivity index (χ2v) is 7.71. The highest BCUT2D eigenvalue weighted by molar-refractivity contribution is 5.93. The molecule has 7 heteroatoms. The van der Waals surface area contributed by atoms with Gasteiger partial charge in [-0.1, -0.05) is 30.4 Å². The van der Waals surface area contributed by atoms with E-state index in [1.165, 1.54) is 0 Å². The zero-order valence-electron chi connectivity index (χ0n) is 19.4. The molecule has 34 heavy (non-hydrogen) atoms. The number of amides is 1. The Morgan fingerprint density at radius 1 is 1.12 bits per heavy atom. The molecule has 2 aromatic carbocycles. The summed E-state index contributed by atoms with van der Waals surface area (Å²) in [5, 5.41) is 2.95. The third-order valence-corrected chi connectivity index (χ3v) is 5.39. The number of carbonyl (C=O) groups excluding carboxylic acids is 1. The van der Waals surface area contributed by atoms with Gasteiger partial charge in [0.25, 0.3) is 5.91 Å². The lowest BCUT2D eigenvalue weighted by atomic mass is 10.2. The number of hydrogen-bond donors (Lipinski definition) is 1. The van der Waals surface area contributed by atoms with Crippen LogP contribution >= 0.6 is 0 Å². The monoisotopic (exact) mass is 456 g/mol.